The van der Waals surface area contributed by atoms with Crippen LogP contribution in [0.5, 0.6) is 0 Å². The van der Waals surface area contributed by atoms with Gasteiger partial charge in [0.2, 0.25) is 0 Å². The highest BCUT2D eigenvalue weighted by Crippen LogP contribution is 2.28. The molecule has 2 heterocycles. The average Bonchev–Trinajstić information content (AvgIpc) is 3.27. The summed E-state index contributed by atoms with van der Waals surface area (Å²) in [5.74, 6) is -0.384. The first-order valence-corrected chi connectivity index (χ1v) is 15.5. The number of likely N-dealkylation sites (N-methyl/N-ethyl adjacent to an activating group) is 1. The summed E-state index contributed by atoms with van der Waals surface area (Å²) in [5.41, 5.74) is 3.75. The molecule has 1 saturated heterocycles. The summed E-state index contributed by atoms with van der Waals surface area (Å²) in [5, 5.41) is 2.93. The van der Waals surface area contributed by atoms with Crippen LogP contribution < -0.4 is 5.32 Å². The molecule has 0 aromatic heterocycles. The predicted octanol–water partition coefficient (Wildman–Crippen LogP) is 5.15. The molecule has 9 heteroatoms. The van der Waals surface area contributed by atoms with E-state index in [9.17, 15) is 14.4 Å². The van der Waals surface area contributed by atoms with Crippen LogP contribution in [0.4, 0.5) is 10.5 Å². The molecular formula is C35H43N4O5+. The van der Waals surface area contributed by atoms with Gasteiger partial charge in [-0.3, -0.25) is 19.8 Å². The molecule has 3 aromatic carbocycles. The normalized spacial score (nSPS) is 15.8. The molecule has 9 nitrogen and oxygen atoms in total. The lowest BCUT2D eigenvalue weighted by Gasteiger charge is -2.32. The number of imide groups is 1. The molecule has 44 heavy (non-hydrogen) atoms. The van der Waals surface area contributed by atoms with Crippen LogP contribution in [0.25, 0.3) is 11.1 Å². The van der Waals surface area contributed by atoms with Gasteiger partial charge < -0.3 is 18.9 Å². The Labute approximate surface area is 259 Å². The standard InChI is InChI=1S/C35H42N4O5/c1-39(2,23-10-19-38-33(40)30-14-6-7-15-31(30)34(38)41)24-26-43-25-22-37-20-17-28(18-21-37)44-35(42)36-32-16-9-8-13-29(32)27-11-4-3-5-12-27/h3-9,11-16,28H,10,17-26H2,1-2H3/p+1. The molecular weight excluding hydrogens is 556 g/mol. The van der Waals surface area contributed by atoms with Gasteiger partial charge in [-0.25, -0.2) is 4.79 Å². The second-order valence-electron chi connectivity index (χ2n) is 12.1. The number of rotatable bonds is 13. The summed E-state index contributed by atoms with van der Waals surface area (Å²) in [6.07, 6.45) is 1.82. The number of ether oxygens (including phenoxy) is 2. The lowest BCUT2D eigenvalue weighted by Crippen LogP contribution is -2.45. The predicted molar refractivity (Wildman–Crippen MR) is 171 cm³/mol. The first kappa shape index (κ1) is 31.4. The topological polar surface area (TPSA) is 88.2 Å². The van der Waals surface area contributed by atoms with E-state index in [1.165, 1.54) is 4.90 Å². The number of amides is 3. The van der Waals surface area contributed by atoms with Gasteiger partial charge in [0, 0.05) is 38.2 Å². The second kappa shape index (κ2) is 14.6. The summed E-state index contributed by atoms with van der Waals surface area (Å²) in [6.45, 7) is 5.98. The van der Waals surface area contributed by atoms with E-state index >= 15 is 0 Å². The van der Waals surface area contributed by atoms with Crippen molar-refractivity contribution in [1.29, 1.82) is 0 Å². The number of para-hydroxylation sites is 1. The number of hydrogen-bond acceptors (Lipinski definition) is 6. The Hall–Kier alpha value is -4.05. The molecule has 3 aromatic rings. The third kappa shape index (κ3) is 8.11. The fourth-order valence-corrected chi connectivity index (χ4v) is 5.82. The minimum atomic E-state index is -0.417. The van der Waals surface area contributed by atoms with E-state index in [1.54, 1.807) is 24.3 Å². The molecule has 0 saturated carbocycles. The summed E-state index contributed by atoms with van der Waals surface area (Å²) in [4.78, 5) is 41.6. The zero-order valence-electron chi connectivity index (χ0n) is 25.7. The van der Waals surface area contributed by atoms with Crippen molar-refractivity contribution in [3.63, 3.8) is 0 Å². The Balaban J connectivity index is 0.940. The fraction of sp³-hybridized carbons (Fsp3) is 0.400. The van der Waals surface area contributed by atoms with E-state index in [-0.39, 0.29) is 17.9 Å². The lowest BCUT2D eigenvalue weighted by molar-refractivity contribution is -0.890. The van der Waals surface area contributed by atoms with Gasteiger partial charge in [0.15, 0.2) is 0 Å². The maximum Gasteiger partial charge on any atom is 0.411 e. The number of likely N-dealkylation sites (tertiary alicyclic amines) is 1. The number of nitrogens with one attached hydrogen (secondary N) is 1. The van der Waals surface area contributed by atoms with Gasteiger partial charge in [-0.05, 0) is 36.6 Å². The smallest absolute Gasteiger partial charge is 0.411 e. The van der Waals surface area contributed by atoms with Gasteiger partial charge >= 0.3 is 6.09 Å². The van der Waals surface area contributed by atoms with Crippen molar-refractivity contribution >= 4 is 23.6 Å². The minimum absolute atomic E-state index is 0.102. The molecule has 0 radical (unpaired) electrons. The quantitative estimate of drug-likeness (QED) is 0.166. The number of hydrogen-bond donors (Lipinski definition) is 1. The van der Waals surface area contributed by atoms with Crippen LogP contribution >= 0.6 is 0 Å². The molecule has 0 unspecified atom stereocenters. The van der Waals surface area contributed by atoms with E-state index in [0.717, 1.165) is 73.3 Å². The molecule has 0 spiro atoms. The van der Waals surface area contributed by atoms with E-state index in [0.29, 0.717) is 30.9 Å². The van der Waals surface area contributed by atoms with E-state index in [1.807, 2.05) is 54.6 Å². The number of fused-ring (bicyclic) bond motifs is 1. The van der Waals surface area contributed by atoms with Gasteiger partial charge in [-0.15, -0.1) is 0 Å². The molecule has 0 atom stereocenters. The zero-order valence-corrected chi connectivity index (χ0v) is 25.7. The van der Waals surface area contributed by atoms with Crippen LogP contribution in [0.15, 0.2) is 78.9 Å². The summed E-state index contributed by atoms with van der Waals surface area (Å²) in [6, 6.07) is 24.8. The SMILES string of the molecule is C[N+](C)(CCCN1C(=O)c2ccccc2C1=O)CCOCCN1CCC(OC(=O)Nc2ccccc2-c2ccccc2)CC1. The van der Waals surface area contributed by atoms with Gasteiger partial charge in [-0.1, -0.05) is 60.7 Å². The number of nitrogens with zero attached hydrogens (tertiary/aromatic N) is 3. The molecule has 2 aliphatic heterocycles. The Bertz CT molecular complexity index is 1400. The second-order valence-corrected chi connectivity index (χ2v) is 12.1. The van der Waals surface area contributed by atoms with Gasteiger partial charge in [-0.2, -0.15) is 0 Å². The van der Waals surface area contributed by atoms with Crippen LogP contribution in [-0.2, 0) is 9.47 Å². The average molecular weight is 600 g/mol. The Morgan fingerprint density at radius 2 is 1.41 bits per heavy atom. The van der Waals surface area contributed by atoms with E-state index in [2.05, 4.69) is 24.3 Å². The van der Waals surface area contributed by atoms with Crippen molar-refractivity contribution in [2.45, 2.75) is 25.4 Å². The number of carbonyl (C=O) groups is 3. The van der Waals surface area contributed by atoms with Gasteiger partial charge in [0.1, 0.15) is 12.6 Å². The number of quaternary nitrogens is 1. The number of benzene rings is 3. The molecule has 1 fully saturated rings. The first-order valence-electron chi connectivity index (χ1n) is 15.5. The summed E-state index contributed by atoms with van der Waals surface area (Å²) < 4.78 is 12.5. The monoisotopic (exact) mass is 599 g/mol. The van der Waals surface area contributed by atoms with Gasteiger partial charge in [0.25, 0.3) is 11.8 Å². The number of anilines is 1. The third-order valence-corrected chi connectivity index (χ3v) is 8.47. The van der Waals surface area contributed by atoms with Crippen LogP contribution in [-0.4, -0.2) is 105 Å². The lowest BCUT2D eigenvalue weighted by atomic mass is 10.0. The summed E-state index contributed by atoms with van der Waals surface area (Å²) in [7, 11) is 4.29. The van der Waals surface area contributed by atoms with Crippen molar-refractivity contribution in [3.8, 4) is 11.1 Å². The highest BCUT2D eigenvalue weighted by Gasteiger charge is 2.35. The van der Waals surface area contributed by atoms with E-state index < -0.39 is 6.09 Å². The van der Waals surface area contributed by atoms with Crippen LogP contribution in [0.2, 0.25) is 0 Å². The summed E-state index contributed by atoms with van der Waals surface area (Å²) >= 11 is 0. The molecule has 232 valence electrons. The number of piperidine rings is 1. The Kier molecular flexibility index (Phi) is 10.4. The van der Waals surface area contributed by atoms with Crippen LogP contribution in [0.1, 0.15) is 40.0 Å². The molecule has 0 bridgehead atoms. The van der Waals surface area contributed by atoms with Crippen LogP contribution in [0.3, 0.4) is 0 Å². The largest absolute Gasteiger partial charge is 0.446 e. The first-order chi connectivity index (χ1) is 21.3. The molecule has 2 aliphatic rings. The maximum atomic E-state index is 12.7. The highest BCUT2D eigenvalue weighted by molar-refractivity contribution is 6.21. The van der Waals surface area contributed by atoms with Crippen molar-refractivity contribution in [2.24, 2.45) is 0 Å². The van der Waals surface area contributed by atoms with E-state index in [4.69, 9.17) is 9.47 Å². The third-order valence-electron chi connectivity index (χ3n) is 8.47. The molecule has 3 amide bonds. The minimum Gasteiger partial charge on any atom is -0.446 e. The Morgan fingerprint density at radius 1 is 0.795 bits per heavy atom. The fourth-order valence-electron chi connectivity index (χ4n) is 5.82. The molecule has 5 rings (SSSR count). The van der Waals surface area contributed by atoms with Gasteiger partial charge in [0.05, 0.1) is 50.7 Å². The zero-order chi connectivity index (χ0) is 30.9. The van der Waals surface area contributed by atoms with Crippen molar-refractivity contribution in [1.82, 2.24) is 9.80 Å². The molecule has 1 N–H and O–H groups in total. The van der Waals surface area contributed by atoms with Crippen molar-refractivity contribution in [3.05, 3.63) is 90.0 Å². The number of carbonyl (C=O) groups excluding carboxylic acids is 3. The molecule has 0 aliphatic carbocycles. The van der Waals surface area contributed by atoms with Crippen molar-refractivity contribution < 1.29 is 28.3 Å². The highest BCUT2D eigenvalue weighted by atomic mass is 16.6. The Morgan fingerprint density at radius 3 is 2.09 bits per heavy atom. The van der Waals surface area contributed by atoms with Crippen molar-refractivity contribution in [2.75, 3.05) is 71.9 Å². The maximum absolute atomic E-state index is 12.7. The van der Waals surface area contributed by atoms with Crippen LogP contribution in [0, 0.1) is 0 Å².